The Bertz CT molecular complexity index is 695. The molecule has 3 rings (SSSR count). The van der Waals surface area contributed by atoms with Gasteiger partial charge >= 0.3 is 5.97 Å². The number of hydrogen-bond donors (Lipinski definition) is 0. The molecule has 3 heteroatoms. The summed E-state index contributed by atoms with van der Waals surface area (Å²) < 4.78 is 19.1. The Hall–Kier alpha value is -2.42. The summed E-state index contributed by atoms with van der Waals surface area (Å²) in [6, 6.07) is 13.4. The molecule has 0 unspecified atom stereocenters. The highest BCUT2D eigenvalue weighted by Gasteiger charge is 2.39. The fourth-order valence-electron chi connectivity index (χ4n) is 3.14. The van der Waals surface area contributed by atoms with Gasteiger partial charge in [0.15, 0.2) is 0 Å². The minimum atomic E-state index is -0.637. The molecule has 2 nitrogen and oxygen atoms in total. The van der Waals surface area contributed by atoms with E-state index >= 15 is 0 Å². The number of ether oxygens (including phenoxy) is 1. The Morgan fingerprint density at radius 1 is 1.04 bits per heavy atom. The Labute approximate surface area is 135 Å². The van der Waals surface area contributed by atoms with E-state index < -0.39 is 5.60 Å². The van der Waals surface area contributed by atoms with E-state index in [0.717, 1.165) is 36.8 Å². The van der Waals surface area contributed by atoms with Gasteiger partial charge in [0.05, 0.1) is 5.56 Å². The molecule has 0 aromatic heterocycles. The first kappa shape index (κ1) is 15.5. The van der Waals surface area contributed by atoms with Crippen molar-refractivity contribution in [2.75, 3.05) is 0 Å². The molecular weight excluding hydrogens is 291 g/mol. The zero-order valence-electron chi connectivity index (χ0n) is 12.9. The molecule has 0 atom stereocenters. The average Bonchev–Trinajstić information content (AvgIpc) is 3.05. The third-order valence-corrected chi connectivity index (χ3v) is 4.45. The molecular formula is C20H19FO2. The quantitative estimate of drug-likeness (QED) is 0.735. The van der Waals surface area contributed by atoms with Crippen LogP contribution in [0.3, 0.4) is 0 Å². The van der Waals surface area contributed by atoms with Gasteiger partial charge in [-0.2, -0.15) is 0 Å². The van der Waals surface area contributed by atoms with Crippen LogP contribution < -0.4 is 0 Å². The largest absolute Gasteiger partial charge is 0.451 e. The summed E-state index contributed by atoms with van der Waals surface area (Å²) in [6.07, 6.45) is 5.27. The second-order valence-corrected chi connectivity index (χ2v) is 5.92. The van der Waals surface area contributed by atoms with Crippen LogP contribution in [0.25, 0.3) is 6.08 Å². The van der Waals surface area contributed by atoms with Gasteiger partial charge in [0.1, 0.15) is 11.4 Å². The van der Waals surface area contributed by atoms with E-state index in [1.54, 1.807) is 30.3 Å². The zero-order valence-corrected chi connectivity index (χ0v) is 12.9. The predicted octanol–water partition coefficient (Wildman–Crippen LogP) is 5.10. The van der Waals surface area contributed by atoms with Crippen LogP contribution in [0.4, 0.5) is 4.39 Å². The first-order chi connectivity index (χ1) is 11.1. The molecule has 0 amide bonds. The van der Waals surface area contributed by atoms with E-state index in [2.05, 4.69) is 6.58 Å². The molecule has 0 aliphatic heterocycles. The summed E-state index contributed by atoms with van der Waals surface area (Å²) in [4.78, 5) is 12.5. The highest BCUT2D eigenvalue weighted by atomic mass is 19.1. The average molecular weight is 310 g/mol. The number of carbonyl (C=O) groups is 1. The van der Waals surface area contributed by atoms with Crippen LogP contribution in [-0.4, -0.2) is 5.97 Å². The highest BCUT2D eigenvalue weighted by Crippen LogP contribution is 2.42. The number of hydrogen-bond acceptors (Lipinski definition) is 2. The molecule has 0 spiro atoms. The van der Waals surface area contributed by atoms with Crippen LogP contribution in [0.5, 0.6) is 0 Å². The second kappa shape index (κ2) is 6.37. The molecule has 0 heterocycles. The molecule has 0 bridgehead atoms. The lowest BCUT2D eigenvalue weighted by Crippen LogP contribution is -2.29. The number of carbonyl (C=O) groups excluding carboxylic acids is 1. The van der Waals surface area contributed by atoms with Crippen molar-refractivity contribution in [3.63, 3.8) is 0 Å². The molecule has 1 aliphatic rings. The van der Waals surface area contributed by atoms with Crippen molar-refractivity contribution in [3.8, 4) is 0 Å². The van der Waals surface area contributed by atoms with Crippen molar-refractivity contribution in [3.05, 3.63) is 77.6 Å². The normalized spacial score (nSPS) is 16.0. The van der Waals surface area contributed by atoms with Gasteiger partial charge in [0.2, 0.25) is 0 Å². The smallest absolute Gasteiger partial charge is 0.339 e. The fraction of sp³-hybridized carbons (Fsp3) is 0.250. The summed E-state index contributed by atoms with van der Waals surface area (Å²) in [7, 11) is 0. The molecule has 0 radical (unpaired) electrons. The molecule has 0 N–H and O–H groups in total. The first-order valence-electron chi connectivity index (χ1n) is 7.85. The van der Waals surface area contributed by atoms with Crippen LogP contribution in [0.1, 0.15) is 47.2 Å². The third kappa shape index (κ3) is 3.19. The monoisotopic (exact) mass is 310 g/mol. The highest BCUT2D eigenvalue weighted by molar-refractivity contribution is 5.90. The number of halogens is 1. The van der Waals surface area contributed by atoms with Crippen LogP contribution in [0, 0.1) is 5.82 Å². The van der Waals surface area contributed by atoms with Crippen LogP contribution >= 0.6 is 0 Å². The maximum absolute atomic E-state index is 13.2. The minimum Gasteiger partial charge on any atom is -0.451 e. The zero-order chi connectivity index (χ0) is 16.3. The van der Waals surface area contributed by atoms with E-state index in [1.807, 2.05) is 12.1 Å². The van der Waals surface area contributed by atoms with Gasteiger partial charge in [-0.3, -0.25) is 0 Å². The Morgan fingerprint density at radius 3 is 2.22 bits per heavy atom. The first-order valence-corrected chi connectivity index (χ1v) is 7.85. The van der Waals surface area contributed by atoms with Crippen molar-refractivity contribution < 1.29 is 13.9 Å². The molecule has 0 saturated heterocycles. The van der Waals surface area contributed by atoms with Gasteiger partial charge in [-0.05, 0) is 61.1 Å². The van der Waals surface area contributed by atoms with E-state index in [-0.39, 0.29) is 11.8 Å². The topological polar surface area (TPSA) is 26.3 Å². The summed E-state index contributed by atoms with van der Waals surface area (Å²) in [5.41, 5.74) is 1.70. The van der Waals surface area contributed by atoms with Gasteiger partial charge in [-0.15, -0.1) is 0 Å². The van der Waals surface area contributed by atoms with Crippen molar-refractivity contribution in [1.29, 1.82) is 0 Å². The van der Waals surface area contributed by atoms with E-state index in [1.165, 1.54) is 12.1 Å². The maximum Gasteiger partial charge on any atom is 0.339 e. The number of esters is 1. The van der Waals surface area contributed by atoms with Crippen LogP contribution in [-0.2, 0) is 10.3 Å². The summed E-state index contributed by atoms with van der Waals surface area (Å²) in [6.45, 7) is 3.70. The summed E-state index contributed by atoms with van der Waals surface area (Å²) in [5.74, 6) is -0.625. The van der Waals surface area contributed by atoms with Gasteiger partial charge in [-0.1, -0.05) is 36.9 Å². The van der Waals surface area contributed by atoms with Gasteiger partial charge in [0, 0.05) is 0 Å². The molecule has 1 aliphatic carbocycles. The second-order valence-electron chi connectivity index (χ2n) is 5.92. The summed E-state index contributed by atoms with van der Waals surface area (Å²) in [5, 5.41) is 0. The SMILES string of the molecule is C=Cc1ccc(C(=O)OC2(c3ccc(F)cc3)CCCC2)cc1. The number of rotatable bonds is 4. The van der Waals surface area contributed by atoms with Crippen LogP contribution in [0.2, 0.25) is 0 Å². The van der Waals surface area contributed by atoms with Gasteiger partial charge in [-0.25, -0.2) is 9.18 Å². The lowest BCUT2D eigenvalue weighted by atomic mass is 9.91. The van der Waals surface area contributed by atoms with Crippen molar-refractivity contribution in [2.24, 2.45) is 0 Å². The van der Waals surface area contributed by atoms with Crippen molar-refractivity contribution >= 4 is 12.0 Å². The standard InChI is InChI=1S/C20H19FO2/c1-2-15-5-7-16(8-6-15)19(22)23-20(13-3-4-14-20)17-9-11-18(21)12-10-17/h2,5-12H,1,3-4,13-14H2. The fourth-order valence-corrected chi connectivity index (χ4v) is 3.14. The van der Waals surface area contributed by atoms with E-state index in [4.69, 9.17) is 4.74 Å². The Morgan fingerprint density at radius 2 is 1.65 bits per heavy atom. The third-order valence-electron chi connectivity index (χ3n) is 4.45. The lowest BCUT2D eigenvalue weighted by molar-refractivity contribution is -0.0183. The summed E-state index contributed by atoms with van der Waals surface area (Å²) >= 11 is 0. The molecule has 23 heavy (non-hydrogen) atoms. The minimum absolute atomic E-state index is 0.284. The van der Waals surface area contributed by atoms with Crippen molar-refractivity contribution in [2.45, 2.75) is 31.3 Å². The number of benzene rings is 2. The van der Waals surface area contributed by atoms with E-state index in [9.17, 15) is 9.18 Å². The molecule has 118 valence electrons. The lowest BCUT2D eigenvalue weighted by Gasteiger charge is -2.29. The van der Waals surface area contributed by atoms with Crippen molar-refractivity contribution in [1.82, 2.24) is 0 Å². The molecule has 1 fully saturated rings. The van der Waals surface area contributed by atoms with E-state index in [0.29, 0.717) is 5.56 Å². The van der Waals surface area contributed by atoms with Gasteiger partial charge < -0.3 is 4.74 Å². The van der Waals surface area contributed by atoms with Crippen LogP contribution in [0.15, 0.2) is 55.1 Å². The van der Waals surface area contributed by atoms with Gasteiger partial charge in [0.25, 0.3) is 0 Å². The molecule has 2 aromatic carbocycles. The Kier molecular flexibility index (Phi) is 4.28. The predicted molar refractivity (Wildman–Crippen MR) is 88.5 cm³/mol. The molecule has 1 saturated carbocycles. The Balaban J connectivity index is 1.85. The maximum atomic E-state index is 13.2. The molecule has 2 aromatic rings.